The lowest BCUT2D eigenvalue weighted by Gasteiger charge is -2.13. The topological polar surface area (TPSA) is 129 Å². The maximum Gasteiger partial charge on any atom is 0.181 e. The van der Waals surface area contributed by atoms with Crippen molar-refractivity contribution in [2.24, 2.45) is 0 Å². The summed E-state index contributed by atoms with van der Waals surface area (Å²) in [6.07, 6.45) is 6.96. The average molecular weight is 1630 g/mol. The number of pyridine rings is 2. The Bertz CT molecular complexity index is 8970. The van der Waals surface area contributed by atoms with Crippen LogP contribution >= 0.6 is 0 Å². The van der Waals surface area contributed by atoms with Gasteiger partial charge in [-0.25, -0.2) is 44.9 Å². The van der Waals surface area contributed by atoms with Crippen LogP contribution in [0.5, 0.6) is 0 Å². The van der Waals surface area contributed by atoms with Gasteiger partial charge in [-0.15, -0.1) is 0 Å². The minimum absolute atomic E-state index is 0.539. The molecule has 3 aliphatic carbocycles. The van der Waals surface area contributed by atoms with E-state index in [1.54, 1.807) is 24.9 Å². The van der Waals surface area contributed by atoms with Crippen LogP contribution in [0.4, 0.5) is 0 Å². The van der Waals surface area contributed by atoms with Crippen molar-refractivity contribution >= 4 is 119 Å². The normalized spacial score (nSPS) is 11.9. The zero-order valence-electron chi connectivity index (χ0n) is 68.7. The van der Waals surface area contributed by atoms with Crippen LogP contribution in [-0.2, 0) is 0 Å². The lowest BCUT2D eigenvalue weighted by Crippen LogP contribution is -2.00. The number of hydrogen-bond donors (Lipinski definition) is 0. The van der Waals surface area contributed by atoms with E-state index in [9.17, 15) is 0 Å². The van der Waals surface area contributed by atoms with Crippen molar-refractivity contribution in [3.8, 4) is 157 Å². The summed E-state index contributed by atoms with van der Waals surface area (Å²) in [7, 11) is 0. The van der Waals surface area contributed by atoms with Gasteiger partial charge < -0.3 is 0 Å². The zero-order valence-corrected chi connectivity index (χ0v) is 68.7. The van der Waals surface area contributed by atoms with Gasteiger partial charge in [0.15, 0.2) is 34.9 Å². The molecule has 590 valence electrons. The SMILES string of the molecule is c1ccc(-c2nc(-c3ccc4ccccc4c3)nc(-c3ccc4c5c(cccc35)-c3c-4ccc4ccccc34)n2)cc1.c1ccc2c3c(ccc2c1)-c1ccc(-c2ncnc(-c4ccc5ccc6cccnc6c5n4)n2)c2cccc-3c12.c1cnc(-c2ccc3c(-c4cccc(-c5ccc6c7c(cccc57)-c5c-6c6ccccc6c6ccccc56)c4)cccc3c2)nc1. The van der Waals surface area contributed by atoms with Crippen LogP contribution in [0.3, 0.4) is 0 Å². The van der Waals surface area contributed by atoms with Crippen molar-refractivity contribution < 1.29 is 0 Å². The van der Waals surface area contributed by atoms with Gasteiger partial charge in [-0.2, -0.15) is 0 Å². The largest absolute Gasteiger partial charge is 0.254 e. The third-order valence-electron chi connectivity index (χ3n) is 26.1. The first kappa shape index (κ1) is 72.3. The first-order chi connectivity index (χ1) is 63.5. The number of nitrogens with zero attached hydrogens (tertiary/aromatic N) is 10. The van der Waals surface area contributed by atoms with Crippen LogP contribution in [0.1, 0.15) is 0 Å². The fourth-order valence-electron chi connectivity index (χ4n) is 20.5. The van der Waals surface area contributed by atoms with Gasteiger partial charge >= 0.3 is 0 Å². The molecule has 0 saturated heterocycles. The molecular weight excluding hydrogens is 1560 g/mol. The highest BCUT2D eigenvalue weighted by molar-refractivity contribution is 6.32. The van der Waals surface area contributed by atoms with Gasteiger partial charge in [0.2, 0.25) is 0 Å². The highest BCUT2D eigenvalue weighted by Gasteiger charge is 2.31. The quantitative estimate of drug-likeness (QED) is 0.136. The Morgan fingerprint density at radius 2 is 0.555 bits per heavy atom. The van der Waals surface area contributed by atoms with Crippen LogP contribution in [0, 0.1) is 0 Å². The third-order valence-corrected chi connectivity index (χ3v) is 26.1. The summed E-state index contributed by atoms with van der Waals surface area (Å²) in [4.78, 5) is 47.7. The molecule has 20 aromatic carbocycles. The molecule has 128 heavy (non-hydrogen) atoms. The van der Waals surface area contributed by atoms with Gasteiger partial charge in [-0.1, -0.05) is 340 Å². The number of benzene rings is 20. The third kappa shape index (κ3) is 11.6. The van der Waals surface area contributed by atoms with Crippen LogP contribution < -0.4 is 0 Å². The Kier molecular flexibility index (Phi) is 16.5. The standard InChI is InChI=1S/C44H26N2.C39H23N3.C35H19N5/c1-3-14-37-34(12-1)35-13-2-4-15-38(35)43-40-22-21-33(36-17-7-18-39(41(36)40)42(37)43)28-10-5-9-27(25-28)31-16-6-11-29-26-30(19-20-32(29)31)44-45-23-8-24-46-44;1-2-11-26(12-3-1)37-40-38(28-18-17-24-9-4-5-13-27(24)23-28)42-39(41-37)33-22-21-32-31-20-19-25-10-6-7-14-29(25)35(31)34-16-8-15-30(33)36(32)34;1-2-7-23-20(5-1)12-14-25-26-15-16-27(24-8-3-9-28(30(23)25)31(24)26)34-37-19-38-35(40-34)29-17-13-22-11-10-21-6-4-18-36-32(21)33(22)39-29/h1-26H;1-23H;1-19H. The van der Waals surface area contributed by atoms with E-state index < -0.39 is 0 Å². The van der Waals surface area contributed by atoms with Gasteiger partial charge in [0.05, 0.1) is 11.0 Å². The van der Waals surface area contributed by atoms with Crippen molar-refractivity contribution in [3.05, 3.63) is 413 Å². The Balaban J connectivity index is 0.000000102. The van der Waals surface area contributed by atoms with Crippen molar-refractivity contribution in [2.45, 2.75) is 0 Å². The molecule has 0 amide bonds. The minimum Gasteiger partial charge on any atom is -0.254 e. The summed E-state index contributed by atoms with van der Waals surface area (Å²) in [6, 6.07) is 138. The smallest absolute Gasteiger partial charge is 0.181 e. The number of aromatic nitrogens is 10. The van der Waals surface area contributed by atoms with E-state index in [-0.39, 0.29) is 0 Å². The Hall–Kier alpha value is -17.3. The fraction of sp³-hybridized carbons (Fsp3) is 0. The van der Waals surface area contributed by atoms with Crippen molar-refractivity contribution in [1.29, 1.82) is 0 Å². The average Bonchev–Trinajstić information content (AvgIpc) is 1.50. The molecule has 0 unspecified atom stereocenters. The monoisotopic (exact) mass is 1620 g/mol. The summed E-state index contributed by atoms with van der Waals surface area (Å²) in [5.74, 6) is 3.93. The van der Waals surface area contributed by atoms with Crippen LogP contribution in [0.15, 0.2) is 413 Å². The number of rotatable bonds is 8. The molecule has 0 N–H and O–H groups in total. The summed E-state index contributed by atoms with van der Waals surface area (Å²) in [6.45, 7) is 0. The van der Waals surface area contributed by atoms with Crippen molar-refractivity contribution in [1.82, 2.24) is 49.8 Å². The van der Waals surface area contributed by atoms with E-state index >= 15 is 0 Å². The highest BCUT2D eigenvalue weighted by Crippen LogP contribution is 2.57. The van der Waals surface area contributed by atoms with Crippen molar-refractivity contribution in [2.75, 3.05) is 0 Å². The molecule has 10 nitrogen and oxygen atoms in total. The van der Waals surface area contributed by atoms with E-state index in [0.29, 0.717) is 34.8 Å². The summed E-state index contributed by atoms with van der Waals surface area (Å²) in [5.41, 5.74) is 27.8. The van der Waals surface area contributed by atoms with E-state index in [2.05, 4.69) is 371 Å². The van der Waals surface area contributed by atoms with Crippen LogP contribution in [-0.4, -0.2) is 49.8 Å². The van der Waals surface area contributed by atoms with Crippen molar-refractivity contribution in [3.63, 3.8) is 0 Å². The summed E-state index contributed by atoms with van der Waals surface area (Å²) < 4.78 is 0. The Morgan fingerprint density at radius 1 is 0.148 bits per heavy atom. The molecule has 0 aliphatic heterocycles. The minimum atomic E-state index is 0.539. The van der Waals surface area contributed by atoms with E-state index in [0.717, 1.165) is 71.6 Å². The molecule has 0 spiro atoms. The van der Waals surface area contributed by atoms with Gasteiger partial charge in [0.1, 0.15) is 12.0 Å². The van der Waals surface area contributed by atoms with Gasteiger partial charge in [-0.05, 0) is 234 Å². The van der Waals surface area contributed by atoms with Gasteiger partial charge in [0, 0.05) is 57.2 Å². The van der Waals surface area contributed by atoms with E-state index in [1.165, 1.54) is 170 Å². The molecule has 5 heterocycles. The number of fused-ring (bicyclic) bond motifs is 23. The summed E-state index contributed by atoms with van der Waals surface area (Å²) >= 11 is 0. The molecule has 0 saturated carbocycles. The maximum atomic E-state index is 5.11. The molecule has 28 rings (SSSR count). The molecular formula is C118H68N10. The first-order valence-corrected chi connectivity index (χ1v) is 43.2. The van der Waals surface area contributed by atoms with E-state index in [4.69, 9.17) is 24.9 Å². The lowest BCUT2D eigenvalue weighted by molar-refractivity contribution is 1.06. The molecule has 0 fully saturated rings. The molecule has 3 aliphatic rings. The molecule has 0 bridgehead atoms. The summed E-state index contributed by atoms with van der Waals surface area (Å²) in [5, 5.41) is 24.6. The molecule has 0 atom stereocenters. The van der Waals surface area contributed by atoms with Gasteiger partial charge in [-0.3, -0.25) is 4.98 Å². The first-order valence-electron chi connectivity index (χ1n) is 43.2. The Morgan fingerprint density at radius 3 is 1.23 bits per heavy atom. The van der Waals surface area contributed by atoms with E-state index in [1.807, 2.05) is 42.5 Å². The fourth-order valence-corrected chi connectivity index (χ4v) is 20.5. The second-order valence-electron chi connectivity index (χ2n) is 33.1. The van der Waals surface area contributed by atoms with Gasteiger partial charge in [0.25, 0.3) is 0 Å². The Labute approximate surface area is 734 Å². The zero-order chi connectivity index (χ0) is 84.0. The maximum absolute atomic E-state index is 5.11. The second-order valence-corrected chi connectivity index (χ2v) is 33.1. The molecule has 0 radical (unpaired) electrons. The second kappa shape index (κ2) is 29.2. The van der Waals surface area contributed by atoms with Crippen LogP contribution in [0.25, 0.3) is 276 Å². The molecule has 25 aromatic rings. The van der Waals surface area contributed by atoms with Crippen LogP contribution in [0.2, 0.25) is 0 Å². The lowest BCUT2D eigenvalue weighted by atomic mass is 9.90. The number of hydrogen-bond acceptors (Lipinski definition) is 10. The predicted molar refractivity (Wildman–Crippen MR) is 527 cm³/mol. The predicted octanol–water partition coefficient (Wildman–Crippen LogP) is 30.0. The molecule has 5 aromatic heterocycles. The molecule has 10 heteroatoms. The highest BCUT2D eigenvalue weighted by atomic mass is 15.0.